The average molecular weight is 252 g/mol. The number of nitrogens with zero attached hydrogens (tertiary/aromatic N) is 2. The van der Waals surface area contributed by atoms with Crippen molar-refractivity contribution in [3.63, 3.8) is 0 Å². The minimum Gasteiger partial charge on any atom is -0.236 e. The van der Waals surface area contributed by atoms with Gasteiger partial charge >= 0.3 is 0 Å². The molecule has 0 saturated heterocycles. The molecule has 88 valence electrons. The van der Waals surface area contributed by atoms with Crippen molar-refractivity contribution in [2.75, 3.05) is 0 Å². The average Bonchev–Trinajstić information content (AvgIpc) is 2.41. The van der Waals surface area contributed by atoms with Crippen LogP contribution in [0.5, 0.6) is 0 Å². The minimum absolute atomic E-state index is 0.994. The van der Waals surface area contributed by atoms with Gasteiger partial charge < -0.3 is 0 Å². The molecule has 1 aromatic heterocycles. The van der Waals surface area contributed by atoms with Crippen molar-refractivity contribution in [1.82, 2.24) is 9.97 Å². The molecular weight excluding hydrogens is 240 g/mol. The number of hydrogen-bond acceptors (Lipinski definition) is 3. The third-order valence-corrected chi connectivity index (χ3v) is 3.74. The number of rotatable bonds is 2. The predicted molar refractivity (Wildman–Crippen MR) is 74.8 cm³/mol. The second kappa shape index (κ2) is 4.78. The van der Waals surface area contributed by atoms with Crippen molar-refractivity contribution in [1.29, 1.82) is 0 Å². The fourth-order valence-electron chi connectivity index (χ4n) is 1.83. The summed E-state index contributed by atoms with van der Waals surface area (Å²) in [6.45, 7) is 2.09. The van der Waals surface area contributed by atoms with Crippen molar-refractivity contribution >= 4 is 22.7 Å². The first-order valence-electron chi connectivity index (χ1n) is 5.77. The van der Waals surface area contributed by atoms with E-state index in [1.807, 2.05) is 24.3 Å². The Bertz CT molecular complexity index is 680. The normalized spacial score (nSPS) is 10.7. The molecule has 3 heteroatoms. The van der Waals surface area contributed by atoms with Gasteiger partial charge in [-0.2, -0.15) is 0 Å². The SMILES string of the molecule is Cc1ccc2ncnc(Sc3ccccc3)c2c1. The molecule has 0 spiro atoms. The van der Waals surface area contributed by atoms with Crippen LogP contribution in [0.3, 0.4) is 0 Å². The maximum atomic E-state index is 4.40. The van der Waals surface area contributed by atoms with E-state index in [4.69, 9.17) is 0 Å². The Hall–Kier alpha value is -1.87. The lowest BCUT2D eigenvalue weighted by atomic mass is 10.2. The quantitative estimate of drug-likeness (QED) is 0.642. The summed E-state index contributed by atoms with van der Waals surface area (Å²) in [6, 6.07) is 16.5. The fraction of sp³-hybridized carbons (Fsp3) is 0.0667. The highest BCUT2D eigenvalue weighted by atomic mass is 32.2. The molecule has 0 bridgehead atoms. The Morgan fingerprint density at radius 2 is 1.78 bits per heavy atom. The first-order chi connectivity index (χ1) is 8.83. The summed E-state index contributed by atoms with van der Waals surface area (Å²) in [5.74, 6) is 0. The molecule has 3 aromatic rings. The lowest BCUT2D eigenvalue weighted by Gasteiger charge is -2.05. The van der Waals surface area contributed by atoms with Crippen LogP contribution < -0.4 is 0 Å². The van der Waals surface area contributed by atoms with Crippen LogP contribution in [0.25, 0.3) is 10.9 Å². The summed E-state index contributed by atoms with van der Waals surface area (Å²) in [5, 5.41) is 2.13. The number of fused-ring (bicyclic) bond motifs is 1. The molecule has 0 unspecified atom stereocenters. The number of hydrogen-bond donors (Lipinski definition) is 0. The van der Waals surface area contributed by atoms with E-state index in [0.717, 1.165) is 15.9 Å². The topological polar surface area (TPSA) is 25.8 Å². The zero-order chi connectivity index (χ0) is 12.4. The van der Waals surface area contributed by atoms with Crippen LogP contribution in [-0.2, 0) is 0 Å². The Labute approximate surface area is 110 Å². The maximum absolute atomic E-state index is 4.40. The van der Waals surface area contributed by atoms with Crippen molar-refractivity contribution < 1.29 is 0 Å². The van der Waals surface area contributed by atoms with Crippen molar-refractivity contribution in [2.24, 2.45) is 0 Å². The van der Waals surface area contributed by atoms with Gasteiger partial charge in [-0.15, -0.1) is 0 Å². The van der Waals surface area contributed by atoms with E-state index in [2.05, 4.69) is 41.2 Å². The molecular formula is C15H12N2S. The zero-order valence-electron chi connectivity index (χ0n) is 10.00. The zero-order valence-corrected chi connectivity index (χ0v) is 10.8. The third-order valence-electron chi connectivity index (χ3n) is 2.71. The van der Waals surface area contributed by atoms with Crippen LogP contribution >= 0.6 is 11.8 Å². The summed E-state index contributed by atoms with van der Waals surface area (Å²) in [6.07, 6.45) is 1.63. The lowest BCUT2D eigenvalue weighted by Crippen LogP contribution is -1.87. The molecule has 0 aliphatic carbocycles. The van der Waals surface area contributed by atoms with Gasteiger partial charge in [0.25, 0.3) is 0 Å². The first-order valence-corrected chi connectivity index (χ1v) is 6.59. The summed E-state index contributed by atoms with van der Waals surface area (Å²) in [7, 11) is 0. The molecule has 0 amide bonds. The molecule has 18 heavy (non-hydrogen) atoms. The monoisotopic (exact) mass is 252 g/mol. The van der Waals surface area contributed by atoms with Gasteiger partial charge in [0, 0.05) is 10.3 Å². The Morgan fingerprint density at radius 3 is 2.61 bits per heavy atom. The van der Waals surface area contributed by atoms with Gasteiger partial charge in [0.1, 0.15) is 11.4 Å². The van der Waals surface area contributed by atoms with Gasteiger partial charge in [-0.3, -0.25) is 0 Å². The molecule has 2 aromatic carbocycles. The third kappa shape index (κ3) is 2.22. The molecule has 0 aliphatic heterocycles. The molecule has 0 aliphatic rings. The van der Waals surface area contributed by atoms with E-state index in [0.29, 0.717) is 0 Å². The molecule has 0 fully saturated rings. The van der Waals surface area contributed by atoms with E-state index in [9.17, 15) is 0 Å². The van der Waals surface area contributed by atoms with Crippen molar-refractivity contribution in [3.8, 4) is 0 Å². The Morgan fingerprint density at radius 1 is 0.944 bits per heavy atom. The van der Waals surface area contributed by atoms with Gasteiger partial charge in [0.2, 0.25) is 0 Å². The highest BCUT2D eigenvalue weighted by molar-refractivity contribution is 7.99. The van der Waals surface area contributed by atoms with Crippen LogP contribution in [0.15, 0.2) is 64.8 Å². The second-order valence-electron chi connectivity index (χ2n) is 4.11. The fourth-order valence-corrected chi connectivity index (χ4v) is 2.72. The van der Waals surface area contributed by atoms with Crippen LogP contribution in [-0.4, -0.2) is 9.97 Å². The van der Waals surface area contributed by atoms with Gasteiger partial charge in [0.15, 0.2) is 0 Å². The van der Waals surface area contributed by atoms with Gasteiger partial charge in [-0.25, -0.2) is 9.97 Å². The van der Waals surface area contributed by atoms with Crippen molar-refractivity contribution in [2.45, 2.75) is 16.8 Å². The van der Waals surface area contributed by atoms with Gasteiger partial charge in [0.05, 0.1) is 5.52 Å². The van der Waals surface area contributed by atoms with Crippen LogP contribution in [0.1, 0.15) is 5.56 Å². The van der Waals surface area contributed by atoms with E-state index < -0.39 is 0 Å². The Kier molecular flexibility index (Phi) is 2.99. The summed E-state index contributed by atoms with van der Waals surface area (Å²) in [5.41, 5.74) is 2.22. The Balaban J connectivity index is 2.09. The minimum atomic E-state index is 0.994. The predicted octanol–water partition coefficient (Wildman–Crippen LogP) is 4.09. The van der Waals surface area contributed by atoms with Gasteiger partial charge in [-0.1, -0.05) is 41.6 Å². The maximum Gasteiger partial charge on any atom is 0.117 e. The van der Waals surface area contributed by atoms with E-state index in [1.54, 1.807) is 18.1 Å². The summed E-state index contributed by atoms with van der Waals surface area (Å²) in [4.78, 5) is 9.89. The number of aromatic nitrogens is 2. The molecule has 3 rings (SSSR count). The molecule has 0 saturated carbocycles. The van der Waals surface area contributed by atoms with E-state index in [-0.39, 0.29) is 0 Å². The second-order valence-corrected chi connectivity index (χ2v) is 5.18. The van der Waals surface area contributed by atoms with E-state index in [1.165, 1.54) is 10.5 Å². The van der Waals surface area contributed by atoms with Crippen molar-refractivity contribution in [3.05, 3.63) is 60.4 Å². The lowest BCUT2D eigenvalue weighted by molar-refractivity contribution is 1.10. The molecule has 0 radical (unpaired) electrons. The van der Waals surface area contributed by atoms with Crippen LogP contribution in [0.4, 0.5) is 0 Å². The summed E-state index contributed by atoms with van der Waals surface area (Å²) >= 11 is 1.67. The molecule has 1 heterocycles. The first kappa shape index (κ1) is 11.2. The standard InChI is InChI=1S/C15H12N2S/c1-11-7-8-14-13(9-11)15(17-10-16-14)18-12-5-3-2-4-6-12/h2-10H,1H3. The largest absolute Gasteiger partial charge is 0.236 e. The number of aryl methyl sites for hydroxylation is 1. The molecule has 0 N–H and O–H groups in total. The highest BCUT2D eigenvalue weighted by Crippen LogP contribution is 2.30. The van der Waals surface area contributed by atoms with E-state index >= 15 is 0 Å². The van der Waals surface area contributed by atoms with Gasteiger partial charge in [-0.05, 0) is 31.2 Å². The summed E-state index contributed by atoms with van der Waals surface area (Å²) < 4.78 is 0. The smallest absolute Gasteiger partial charge is 0.117 e. The highest BCUT2D eigenvalue weighted by Gasteiger charge is 2.05. The molecule has 0 atom stereocenters. The molecule has 2 nitrogen and oxygen atoms in total. The van der Waals surface area contributed by atoms with Crippen LogP contribution in [0.2, 0.25) is 0 Å². The number of benzene rings is 2. The van der Waals surface area contributed by atoms with Crippen LogP contribution in [0, 0.1) is 6.92 Å².